The van der Waals surface area contributed by atoms with Crippen LogP contribution in [0.5, 0.6) is 0 Å². The van der Waals surface area contributed by atoms with Gasteiger partial charge in [0.1, 0.15) is 0 Å². The first-order valence-electron chi connectivity index (χ1n) is 17.0. The summed E-state index contributed by atoms with van der Waals surface area (Å²) in [7, 11) is -13.9. The monoisotopic (exact) mass is 916 g/mol. The second-order valence-corrected chi connectivity index (χ2v) is 25.8. The number of rotatable bonds is 24. The molecule has 0 saturated carbocycles. The van der Waals surface area contributed by atoms with E-state index in [0.29, 0.717) is 0 Å². The molecule has 2 aliphatic rings. The molecule has 0 unspecified atom stereocenters. The van der Waals surface area contributed by atoms with Crippen molar-refractivity contribution in [2.24, 2.45) is 0 Å². The van der Waals surface area contributed by atoms with Gasteiger partial charge < -0.3 is 36.2 Å². The maximum Gasteiger partial charge on any atom is 0.335 e. The van der Waals surface area contributed by atoms with Crippen molar-refractivity contribution >= 4 is 100 Å². The molecule has 12 nitrogen and oxygen atoms in total. The van der Waals surface area contributed by atoms with Gasteiger partial charge in [0.25, 0.3) is 0 Å². The molecule has 0 fully saturated rings. The SMILES string of the molecule is CCOP(=O)(Cc1sc(CP(=O)(OCC)OCC)c2c1SC(=C1Sc3c(CP(=O)(OCC)OCC)sc(CP(=O)(OCC)OCC)c3S1)S2)OCC. The zero-order valence-corrected chi connectivity index (χ0v) is 39.1. The second kappa shape index (κ2) is 20.7. The van der Waals surface area contributed by atoms with Crippen LogP contribution in [0.4, 0.5) is 0 Å². The molecular formula is C30H48O12P4S6. The van der Waals surface area contributed by atoms with Crippen molar-refractivity contribution < 1.29 is 54.5 Å². The third-order valence-corrected chi connectivity index (χ3v) is 24.6. The van der Waals surface area contributed by atoms with Gasteiger partial charge in [-0.2, -0.15) is 0 Å². The predicted octanol–water partition coefficient (Wildman–Crippen LogP) is 13.1. The molecule has 0 aliphatic carbocycles. The molecule has 0 radical (unpaired) electrons. The van der Waals surface area contributed by atoms with Crippen molar-refractivity contribution in [1.29, 1.82) is 0 Å². The molecule has 4 rings (SSSR count). The average Bonchev–Trinajstić information content (AvgIpc) is 3.81. The van der Waals surface area contributed by atoms with Gasteiger partial charge >= 0.3 is 30.4 Å². The maximum atomic E-state index is 13.8. The smallest absolute Gasteiger partial charge is 0.309 e. The summed E-state index contributed by atoms with van der Waals surface area (Å²) in [5.41, 5.74) is 0. The largest absolute Gasteiger partial charge is 0.335 e. The summed E-state index contributed by atoms with van der Waals surface area (Å²) in [5.74, 6) is 0. The highest BCUT2D eigenvalue weighted by Gasteiger charge is 2.41. The molecule has 0 N–H and O–H groups in total. The lowest BCUT2D eigenvalue weighted by molar-refractivity contribution is 0.218. The fourth-order valence-corrected chi connectivity index (χ4v) is 22.9. The van der Waals surface area contributed by atoms with Crippen molar-refractivity contribution in [3.8, 4) is 0 Å². The van der Waals surface area contributed by atoms with Gasteiger partial charge in [-0.25, -0.2) is 0 Å². The van der Waals surface area contributed by atoms with Crippen molar-refractivity contribution in [1.82, 2.24) is 0 Å². The van der Waals surface area contributed by atoms with Crippen molar-refractivity contribution in [2.45, 2.75) is 99.6 Å². The van der Waals surface area contributed by atoms with E-state index in [0.717, 1.165) is 47.6 Å². The Morgan fingerprint density at radius 3 is 0.673 bits per heavy atom. The van der Waals surface area contributed by atoms with Crippen LogP contribution in [0.25, 0.3) is 0 Å². The minimum absolute atomic E-state index is 0.0707. The van der Waals surface area contributed by atoms with Gasteiger partial charge in [0, 0.05) is 39.1 Å². The minimum atomic E-state index is -3.47. The Morgan fingerprint density at radius 2 is 0.519 bits per heavy atom. The number of thioether (sulfide) groups is 4. The molecular weight excluding hydrogens is 869 g/mol. The Hall–Kier alpha value is 1.14. The zero-order valence-electron chi connectivity index (χ0n) is 30.6. The number of hydrogen-bond donors (Lipinski definition) is 0. The number of fused-ring (bicyclic) bond motifs is 2. The lowest BCUT2D eigenvalue weighted by atomic mass is 10.4. The lowest BCUT2D eigenvalue weighted by Gasteiger charge is -2.17. The van der Waals surface area contributed by atoms with E-state index in [4.69, 9.17) is 36.2 Å². The van der Waals surface area contributed by atoms with Crippen LogP contribution >= 0.6 is 100 Å². The molecule has 0 spiro atoms. The average molecular weight is 917 g/mol. The van der Waals surface area contributed by atoms with E-state index in [9.17, 15) is 18.3 Å². The van der Waals surface area contributed by atoms with Gasteiger partial charge in [0.15, 0.2) is 0 Å². The van der Waals surface area contributed by atoms with Gasteiger partial charge in [0.05, 0.1) is 86.0 Å². The van der Waals surface area contributed by atoms with Gasteiger partial charge in [-0.05, 0) is 55.4 Å². The second-order valence-electron chi connectivity index (χ2n) is 10.6. The number of hydrogen-bond acceptors (Lipinski definition) is 18. The van der Waals surface area contributed by atoms with E-state index < -0.39 is 30.4 Å². The van der Waals surface area contributed by atoms with E-state index >= 15 is 0 Å². The first-order valence-corrected chi connectivity index (χ1v) is 28.8. The van der Waals surface area contributed by atoms with Crippen LogP contribution in [0.3, 0.4) is 0 Å². The van der Waals surface area contributed by atoms with Crippen molar-refractivity contribution in [2.75, 3.05) is 52.9 Å². The van der Waals surface area contributed by atoms with Crippen LogP contribution in [0, 0.1) is 0 Å². The summed E-state index contributed by atoms with van der Waals surface area (Å²) >= 11 is 9.09. The predicted molar refractivity (Wildman–Crippen MR) is 217 cm³/mol. The molecule has 2 aliphatic heterocycles. The van der Waals surface area contributed by atoms with E-state index in [1.165, 1.54) is 22.7 Å². The Kier molecular flexibility index (Phi) is 18.3. The van der Waals surface area contributed by atoms with Gasteiger partial charge in [-0.15, -0.1) is 22.7 Å². The first-order chi connectivity index (χ1) is 24.8. The quantitative estimate of drug-likeness (QED) is 0.0921. The summed E-state index contributed by atoms with van der Waals surface area (Å²) in [6.45, 7) is 16.1. The molecule has 0 bridgehead atoms. The summed E-state index contributed by atoms with van der Waals surface area (Å²) < 4.78 is 102. The summed E-state index contributed by atoms with van der Waals surface area (Å²) in [6, 6.07) is 0. The number of thiophene rings is 2. The van der Waals surface area contributed by atoms with Gasteiger partial charge in [-0.3, -0.25) is 18.3 Å². The molecule has 2 aromatic rings. The molecule has 0 amide bonds. The molecule has 0 saturated heterocycles. The fourth-order valence-electron chi connectivity index (χ4n) is 5.19. The topological polar surface area (TPSA) is 142 Å². The van der Waals surface area contributed by atoms with Crippen LogP contribution in [-0.2, 0) is 79.1 Å². The fraction of sp³-hybridized carbons (Fsp3) is 0.667. The normalized spacial score (nSPS) is 15.2. The third-order valence-electron chi connectivity index (χ3n) is 6.82. The summed E-state index contributed by atoms with van der Waals surface area (Å²) in [4.78, 5) is 6.92. The van der Waals surface area contributed by atoms with Crippen molar-refractivity contribution in [3.63, 3.8) is 0 Å². The van der Waals surface area contributed by atoms with Crippen LogP contribution in [0.1, 0.15) is 74.9 Å². The Morgan fingerprint density at radius 1 is 0.346 bits per heavy atom. The maximum absolute atomic E-state index is 13.8. The van der Waals surface area contributed by atoms with Crippen LogP contribution < -0.4 is 0 Å². The summed E-state index contributed by atoms with van der Waals surface area (Å²) in [5, 5.41) is 0. The summed E-state index contributed by atoms with van der Waals surface area (Å²) in [6.07, 6.45) is 0.283. The Bertz CT molecular complexity index is 1480. The molecule has 4 heterocycles. The van der Waals surface area contributed by atoms with Gasteiger partial charge in [0.2, 0.25) is 0 Å². The third kappa shape index (κ3) is 11.6. The lowest BCUT2D eigenvalue weighted by Crippen LogP contribution is -1.99. The van der Waals surface area contributed by atoms with E-state index in [2.05, 4.69) is 0 Å². The Balaban J connectivity index is 1.78. The first kappa shape index (κ1) is 45.8. The zero-order chi connectivity index (χ0) is 38.2. The minimum Gasteiger partial charge on any atom is -0.309 e. The van der Waals surface area contributed by atoms with Crippen LogP contribution in [0.15, 0.2) is 28.1 Å². The molecule has 296 valence electrons. The Labute approximate surface area is 332 Å². The highest BCUT2D eigenvalue weighted by atomic mass is 32.2. The van der Waals surface area contributed by atoms with E-state index in [1.54, 1.807) is 102 Å². The standard InChI is InChI=1S/C30H48O12P4S6/c1-9-35-43(31,36-10-2)17-21-25-26(22(47-21)18-44(32,37-11-3)38-12-4)50-29(49-25)30-51-27-23(19-45(33,39-13-5)40-14-6)48-24(28(27)52-30)20-46(34,41-15-7)42-16-8/h9-20H2,1-8H3. The molecule has 2 aromatic heterocycles. The molecule has 52 heavy (non-hydrogen) atoms. The van der Waals surface area contributed by atoms with Crippen LogP contribution in [0.2, 0.25) is 0 Å². The molecule has 0 atom stereocenters. The van der Waals surface area contributed by atoms with E-state index in [-0.39, 0.29) is 77.5 Å². The van der Waals surface area contributed by atoms with Gasteiger partial charge in [-0.1, -0.05) is 47.0 Å². The highest BCUT2D eigenvalue weighted by molar-refractivity contribution is 8.30. The van der Waals surface area contributed by atoms with Crippen molar-refractivity contribution in [3.05, 3.63) is 28.0 Å². The molecule has 0 aromatic carbocycles. The molecule has 22 heteroatoms. The van der Waals surface area contributed by atoms with E-state index in [1.807, 2.05) is 0 Å². The highest BCUT2D eigenvalue weighted by Crippen LogP contribution is 2.70. The van der Waals surface area contributed by atoms with Crippen LogP contribution in [-0.4, -0.2) is 52.9 Å².